The molecule has 0 saturated carbocycles. The Bertz CT molecular complexity index is 238. The third-order valence-electron chi connectivity index (χ3n) is 0.922. The van der Waals surface area contributed by atoms with Gasteiger partial charge < -0.3 is 0 Å². The topological polar surface area (TPSA) is 30.7 Å². The fourth-order valence-electron chi connectivity index (χ4n) is 0.485. The molecule has 1 aromatic rings. The van der Waals surface area contributed by atoms with Crippen molar-refractivity contribution in [1.29, 1.82) is 0 Å². The molecule has 0 saturated heterocycles. The molecular weight excluding hydrogens is 182 g/mol. The van der Waals surface area contributed by atoms with Crippen LogP contribution in [0.15, 0.2) is 4.60 Å². The predicted octanol–water partition coefficient (Wildman–Crippen LogP) is 0.559. The van der Waals surface area contributed by atoms with Crippen molar-refractivity contribution in [2.45, 2.75) is 0 Å². The minimum Gasteiger partial charge on any atom is -0.239 e. The van der Waals surface area contributed by atoms with Gasteiger partial charge in [0.15, 0.2) is 4.60 Å². The highest BCUT2D eigenvalue weighted by Crippen LogP contribution is 2.08. The van der Waals surface area contributed by atoms with E-state index in [0.717, 1.165) is 0 Å². The van der Waals surface area contributed by atoms with Crippen LogP contribution in [0.4, 0.5) is 0 Å². The lowest BCUT2D eigenvalue weighted by molar-refractivity contribution is 0.708. The third-order valence-corrected chi connectivity index (χ3v) is 1.46. The number of hydrogen-bond acceptors (Lipinski definition) is 2. The van der Waals surface area contributed by atoms with Crippen molar-refractivity contribution in [3.63, 3.8) is 0 Å². The summed E-state index contributed by atoms with van der Waals surface area (Å²) in [4.78, 5) is 0. The van der Waals surface area contributed by atoms with Crippen LogP contribution in [0.3, 0.4) is 0 Å². The molecule has 46 valence electrons. The van der Waals surface area contributed by atoms with Crippen LogP contribution in [0.5, 0.6) is 0 Å². The summed E-state index contributed by atoms with van der Waals surface area (Å²) in [5.74, 6) is 2.43. The molecule has 3 nitrogen and oxygen atoms in total. The average Bonchev–Trinajstić information content (AvgIpc) is 2.12. The summed E-state index contributed by atoms with van der Waals surface area (Å²) in [7, 11) is 1.74. The van der Waals surface area contributed by atoms with E-state index in [1.807, 2.05) is 0 Å². The second-order valence-electron chi connectivity index (χ2n) is 1.50. The van der Waals surface area contributed by atoms with Crippen molar-refractivity contribution in [3.8, 4) is 12.3 Å². The largest absolute Gasteiger partial charge is 0.239 e. The Hall–Kier alpha value is -0.820. The number of terminal acetylenes is 1. The van der Waals surface area contributed by atoms with Crippen molar-refractivity contribution in [2.24, 2.45) is 7.05 Å². The SMILES string of the molecule is C#Cc1c(Br)nnn1C. The summed E-state index contributed by atoms with van der Waals surface area (Å²) < 4.78 is 2.15. The maximum Gasteiger partial charge on any atom is 0.164 e. The van der Waals surface area contributed by atoms with Crippen LogP contribution in [0.1, 0.15) is 5.69 Å². The van der Waals surface area contributed by atoms with Crippen LogP contribution in [0.2, 0.25) is 0 Å². The fraction of sp³-hybridized carbons (Fsp3) is 0.200. The Kier molecular flexibility index (Phi) is 1.54. The highest BCUT2D eigenvalue weighted by molar-refractivity contribution is 9.10. The molecule has 0 aliphatic rings. The first-order valence-corrected chi connectivity index (χ1v) is 3.07. The smallest absolute Gasteiger partial charge is 0.164 e. The molecule has 0 radical (unpaired) electrons. The average molecular weight is 186 g/mol. The molecule has 0 atom stereocenters. The molecule has 0 fully saturated rings. The predicted molar refractivity (Wildman–Crippen MR) is 36.6 cm³/mol. The Balaban J connectivity index is 3.27. The van der Waals surface area contributed by atoms with Gasteiger partial charge in [0.05, 0.1) is 0 Å². The van der Waals surface area contributed by atoms with E-state index in [1.54, 1.807) is 7.05 Å². The van der Waals surface area contributed by atoms with Crippen LogP contribution in [-0.4, -0.2) is 15.0 Å². The highest BCUT2D eigenvalue weighted by atomic mass is 79.9. The molecule has 0 aliphatic heterocycles. The number of aryl methyl sites for hydroxylation is 1. The first kappa shape index (κ1) is 6.30. The lowest BCUT2D eigenvalue weighted by atomic mass is 10.5. The van der Waals surface area contributed by atoms with E-state index in [2.05, 4.69) is 32.2 Å². The zero-order valence-electron chi connectivity index (χ0n) is 4.80. The molecule has 4 heteroatoms. The van der Waals surface area contributed by atoms with E-state index in [1.165, 1.54) is 4.68 Å². The number of rotatable bonds is 0. The molecule has 0 bridgehead atoms. The number of halogens is 1. The first-order valence-electron chi connectivity index (χ1n) is 2.27. The Labute approximate surface area is 61.2 Å². The highest BCUT2D eigenvalue weighted by Gasteiger charge is 2.01. The van der Waals surface area contributed by atoms with Crippen molar-refractivity contribution in [2.75, 3.05) is 0 Å². The van der Waals surface area contributed by atoms with Crippen molar-refractivity contribution >= 4 is 15.9 Å². The van der Waals surface area contributed by atoms with Crippen LogP contribution in [0, 0.1) is 12.3 Å². The van der Waals surface area contributed by atoms with E-state index in [9.17, 15) is 0 Å². The van der Waals surface area contributed by atoms with E-state index < -0.39 is 0 Å². The van der Waals surface area contributed by atoms with Crippen LogP contribution >= 0.6 is 15.9 Å². The zero-order valence-corrected chi connectivity index (χ0v) is 6.38. The van der Waals surface area contributed by atoms with Gasteiger partial charge in [-0.25, -0.2) is 4.68 Å². The summed E-state index contributed by atoms with van der Waals surface area (Å²) in [6.07, 6.45) is 5.12. The lowest BCUT2D eigenvalue weighted by Crippen LogP contribution is -1.93. The monoisotopic (exact) mass is 185 g/mol. The molecule has 1 heterocycles. The number of aromatic nitrogens is 3. The molecule has 0 unspecified atom stereocenters. The number of hydrogen-bond donors (Lipinski definition) is 0. The second kappa shape index (κ2) is 2.19. The van der Waals surface area contributed by atoms with Gasteiger partial charge in [0.1, 0.15) is 5.69 Å². The lowest BCUT2D eigenvalue weighted by Gasteiger charge is -1.86. The van der Waals surface area contributed by atoms with Gasteiger partial charge in [-0.05, 0) is 21.9 Å². The normalized spacial score (nSPS) is 9.00. The van der Waals surface area contributed by atoms with Crippen molar-refractivity contribution in [3.05, 3.63) is 10.3 Å². The maximum atomic E-state index is 5.12. The Morgan fingerprint density at radius 1 is 1.78 bits per heavy atom. The fourth-order valence-corrected chi connectivity index (χ4v) is 0.927. The van der Waals surface area contributed by atoms with Gasteiger partial charge in [0.25, 0.3) is 0 Å². The molecular formula is C5H4BrN3. The van der Waals surface area contributed by atoms with Gasteiger partial charge >= 0.3 is 0 Å². The maximum absolute atomic E-state index is 5.12. The molecule has 0 aromatic carbocycles. The van der Waals surface area contributed by atoms with Crippen LogP contribution in [0.25, 0.3) is 0 Å². The Morgan fingerprint density at radius 3 is 2.67 bits per heavy atom. The van der Waals surface area contributed by atoms with Crippen molar-refractivity contribution in [1.82, 2.24) is 15.0 Å². The van der Waals surface area contributed by atoms with Crippen molar-refractivity contribution < 1.29 is 0 Å². The third kappa shape index (κ3) is 0.958. The molecule has 0 N–H and O–H groups in total. The quantitative estimate of drug-likeness (QED) is 0.554. The molecule has 1 rings (SSSR count). The summed E-state index contributed by atoms with van der Waals surface area (Å²) in [5.41, 5.74) is 0.662. The van der Waals surface area contributed by atoms with E-state index in [-0.39, 0.29) is 0 Å². The minimum absolute atomic E-state index is 0.618. The van der Waals surface area contributed by atoms with Gasteiger partial charge in [-0.15, -0.1) is 11.5 Å². The van der Waals surface area contributed by atoms with Gasteiger partial charge in [-0.1, -0.05) is 5.21 Å². The summed E-state index contributed by atoms with van der Waals surface area (Å²) >= 11 is 3.14. The molecule has 9 heavy (non-hydrogen) atoms. The van der Waals surface area contributed by atoms with E-state index >= 15 is 0 Å². The molecule has 0 spiro atoms. The van der Waals surface area contributed by atoms with Crippen LogP contribution in [-0.2, 0) is 7.05 Å². The van der Waals surface area contributed by atoms with Gasteiger partial charge in [0, 0.05) is 7.05 Å². The zero-order chi connectivity index (χ0) is 6.85. The minimum atomic E-state index is 0.618. The summed E-state index contributed by atoms with van der Waals surface area (Å²) in [6, 6.07) is 0. The summed E-state index contributed by atoms with van der Waals surface area (Å²) in [5, 5.41) is 7.34. The standard InChI is InChI=1S/C5H4BrN3/c1-3-4-5(6)7-8-9(4)2/h1H,2H3. The van der Waals surface area contributed by atoms with E-state index in [4.69, 9.17) is 6.42 Å². The van der Waals surface area contributed by atoms with Crippen LogP contribution < -0.4 is 0 Å². The molecule has 1 aromatic heterocycles. The van der Waals surface area contributed by atoms with Gasteiger partial charge in [-0.2, -0.15) is 0 Å². The van der Waals surface area contributed by atoms with Gasteiger partial charge in [0.2, 0.25) is 0 Å². The van der Waals surface area contributed by atoms with Gasteiger partial charge in [-0.3, -0.25) is 0 Å². The first-order chi connectivity index (χ1) is 4.25. The number of nitrogens with zero attached hydrogens (tertiary/aromatic N) is 3. The second-order valence-corrected chi connectivity index (χ2v) is 2.25. The molecule has 0 aliphatic carbocycles. The summed E-state index contributed by atoms with van der Waals surface area (Å²) in [6.45, 7) is 0. The van der Waals surface area contributed by atoms with E-state index in [0.29, 0.717) is 10.3 Å². The Morgan fingerprint density at radius 2 is 2.44 bits per heavy atom. The molecule has 0 amide bonds.